The lowest BCUT2D eigenvalue weighted by Gasteiger charge is -2.39. The van der Waals surface area contributed by atoms with Crippen molar-refractivity contribution < 1.29 is 19.0 Å². The van der Waals surface area contributed by atoms with E-state index in [1.165, 1.54) is 24.8 Å². The SMILES string of the molecule is CCC1=Cc2c(cnn2-c2ccc(F)cc2)CC1(C)[C@@H](O)CCc1ccccc1CC(=O)OC. The molecule has 0 saturated heterocycles. The molecule has 0 saturated carbocycles. The molecule has 178 valence electrons. The van der Waals surface area contributed by atoms with Gasteiger partial charge in [-0.15, -0.1) is 0 Å². The molecule has 3 aromatic rings. The van der Waals surface area contributed by atoms with E-state index in [9.17, 15) is 14.3 Å². The quantitative estimate of drug-likeness (QED) is 0.475. The number of carbonyl (C=O) groups excluding carboxylic acids is 1. The normalized spacial score (nSPS) is 18.2. The third-order valence-electron chi connectivity index (χ3n) is 7.04. The van der Waals surface area contributed by atoms with Crippen molar-refractivity contribution in [1.29, 1.82) is 0 Å². The summed E-state index contributed by atoms with van der Waals surface area (Å²) in [6.45, 7) is 4.22. The van der Waals surface area contributed by atoms with Crippen molar-refractivity contribution in [3.63, 3.8) is 0 Å². The molecule has 0 fully saturated rings. The van der Waals surface area contributed by atoms with Crippen molar-refractivity contribution in [2.24, 2.45) is 5.41 Å². The Morgan fingerprint density at radius 2 is 1.91 bits per heavy atom. The number of benzene rings is 2. The van der Waals surface area contributed by atoms with E-state index < -0.39 is 11.5 Å². The smallest absolute Gasteiger partial charge is 0.309 e. The van der Waals surface area contributed by atoms with Crippen molar-refractivity contribution in [3.8, 4) is 5.69 Å². The summed E-state index contributed by atoms with van der Waals surface area (Å²) in [7, 11) is 1.39. The molecular weight excluding hydrogens is 431 g/mol. The van der Waals surface area contributed by atoms with Crippen LogP contribution in [0.5, 0.6) is 0 Å². The summed E-state index contributed by atoms with van der Waals surface area (Å²) in [5.74, 6) is -0.549. The summed E-state index contributed by atoms with van der Waals surface area (Å²) in [4.78, 5) is 11.8. The zero-order valence-corrected chi connectivity index (χ0v) is 19.9. The molecule has 0 bridgehead atoms. The Morgan fingerprint density at radius 1 is 1.21 bits per heavy atom. The van der Waals surface area contributed by atoms with Crippen molar-refractivity contribution in [2.45, 2.75) is 52.1 Å². The van der Waals surface area contributed by atoms with Crippen LogP contribution in [-0.4, -0.2) is 34.1 Å². The Kier molecular flexibility index (Phi) is 6.98. The maximum Gasteiger partial charge on any atom is 0.309 e. The predicted molar refractivity (Wildman–Crippen MR) is 130 cm³/mol. The monoisotopic (exact) mass is 462 g/mol. The van der Waals surface area contributed by atoms with Crippen molar-refractivity contribution in [2.75, 3.05) is 7.11 Å². The molecule has 1 heterocycles. The van der Waals surface area contributed by atoms with E-state index in [-0.39, 0.29) is 18.2 Å². The molecule has 0 spiro atoms. The number of carbonyl (C=O) groups is 1. The fourth-order valence-electron chi connectivity index (χ4n) is 4.96. The minimum absolute atomic E-state index is 0.228. The number of hydrogen-bond acceptors (Lipinski definition) is 4. The molecule has 1 aliphatic carbocycles. The lowest BCUT2D eigenvalue weighted by molar-refractivity contribution is -0.139. The van der Waals surface area contributed by atoms with Crippen LogP contribution in [0.2, 0.25) is 0 Å². The van der Waals surface area contributed by atoms with Crippen LogP contribution < -0.4 is 0 Å². The number of esters is 1. The van der Waals surface area contributed by atoms with Gasteiger partial charge in [0.2, 0.25) is 0 Å². The molecule has 6 heteroatoms. The van der Waals surface area contributed by atoms with Crippen molar-refractivity contribution >= 4 is 12.0 Å². The van der Waals surface area contributed by atoms with Crippen LogP contribution in [0.25, 0.3) is 11.8 Å². The number of fused-ring (bicyclic) bond motifs is 1. The standard InChI is InChI=1S/C28H31FN2O3/c1-4-22-16-25-21(18-30-31(25)24-12-10-23(29)11-13-24)17-28(22,2)26(32)14-9-19-7-5-6-8-20(19)15-27(33)34-3/h5-8,10-13,16,18,26,32H,4,9,14-15,17H2,1-3H3/t26-,28?/m0/s1. The first-order valence-corrected chi connectivity index (χ1v) is 11.7. The van der Waals surface area contributed by atoms with Gasteiger partial charge in [-0.3, -0.25) is 4.79 Å². The minimum atomic E-state index is -0.563. The molecule has 2 atom stereocenters. The van der Waals surface area contributed by atoms with Gasteiger partial charge in [-0.2, -0.15) is 5.10 Å². The average Bonchev–Trinajstić information content (AvgIpc) is 3.25. The van der Waals surface area contributed by atoms with E-state index in [1.54, 1.807) is 12.1 Å². The Labute approximate surface area is 199 Å². The lowest BCUT2D eigenvalue weighted by atomic mass is 9.67. The highest BCUT2D eigenvalue weighted by Gasteiger charge is 2.40. The summed E-state index contributed by atoms with van der Waals surface area (Å²) < 4.78 is 20.0. The van der Waals surface area contributed by atoms with Gasteiger partial charge < -0.3 is 9.84 Å². The molecule has 34 heavy (non-hydrogen) atoms. The molecule has 1 unspecified atom stereocenters. The minimum Gasteiger partial charge on any atom is -0.469 e. The van der Waals surface area contributed by atoms with Gasteiger partial charge in [-0.25, -0.2) is 9.07 Å². The van der Waals surface area contributed by atoms with Crippen LogP contribution in [-0.2, 0) is 28.8 Å². The van der Waals surface area contributed by atoms with Crippen LogP contribution >= 0.6 is 0 Å². The van der Waals surface area contributed by atoms with E-state index in [1.807, 2.05) is 35.1 Å². The van der Waals surface area contributed by atoms with Crippen LogP contribution in [0.3, 0.4) is 0 Å². The Hall–Kier alpha value is -3.25. The molecule has 0 aliphatic heterocycles. The number of aryl methyl sites for hydroxylation is 1. The third kappa shape index (κ3) is 4.68. The number of aromatic nitrogens is 2. The maximum absolute atomic E-state index is 13.4. The van der Waals surface area contributed by atoms with Gasteiger partial charge >= 0.3 is 5.97 Å². The Bertz CT molecular complexity index is 1200. The maximum atomic E-state index is 13.4. The first kappa shape index (κ1) is 23.9. The zero-order valence-electron chi connectivity index (χ0n) is 19.9. The molecule has 1 aliphatic rings. The van der Waals surface area contributed by atoms with Crippen LogP contribution in [0.4, 0.5) is 4.39 Å². The third-order valence-corrected chi connectivity index (χ3v) is 7.04. The van der Waals surface area contributed by atoms with Gasteiger partial charge in [-0.1, -0.05) is 43.7 Å². The van der Waals surface area contributed by atoms with Gasteiger partial charge in [0.1, 0.15) is 5.82 Å². The molecule has 0 radical (unpaired) electrons. The number of ether oxygens (including phenoxy) is 1. The van der Waals surface area contributed by atoms with E-state index in [2.05, 4.69) is 25.0 Å². The Balaban J connectivity index is 1.55. The summed E-state index contributed by atoms with van der Waals surface area (Å²) >= 11 is 0. The summed E-state index contributed by atoms with van der Waals surface area (Å²) in [5, 5.41) is 15.9. The first-order valence-electron chi connectivity index (χ1n) is 11.7. The molecule has 1 N–H and O–H groups in total. The first-order chi connectivity index (χ1) is 16.4. The fourth-order valence-corrected chi connectivity index (χ4v) is 4.96. The molecule has 5 nitrogen and oxygen atoms in total. The molecule has 1 aromatic heterocycles. The average molecular weight is 463 g/mol. The number of rotatable bonds is 8. The fraction of sp³-hybridized carbons (Fsp3) is 0.357. The van der Waals surface area contributed by atoms with Gasteiger partial charge in [0.25, 0.3) is 0 Å². The predicted octanol–water partition coefficient (Wildman–Crippen LogP) is 5.08. The van der Waals surface area contributed by atoms with E-state index in [0.717, 1.165) is 34.5 Å². The number of methoxy groups -OCH3 is 1. The zero-order chi connectivity index (χ0) is 24.3. The molecule has 0 amide bonds. The number of aliphatic hydroxyl groups excluding tert-OH is 1. The summed E-state index contributed by atoms with van der Waals surface area (Å²) in [6, 6.07) is 14.1. The van der Waals surface area contributed by atoms with E-state index in [4.69, 9.17) is 4.74 Å². The van der Waals surface area contributed by atoms with E-state index >= 15 is 0 Å². The molecule has 2 aromatic carbocycles. The van der Waals surface area contributed by atoms with Crippen LogP contribution in [0.1, 0.15) is 49.1 Å². The molecule has 4 rings (SSSR count). The van der Waals surface area contributed by atoms with E-state index in [0.29, 0.717) is 19.3 Å². The van der Waals surface area contributed by atoms with Gasteiger partial charge in [-0.05, 0) is 72.7 Å². The highest BCUT2D eigenvalue weighted by Crippen LogP contribution is 2.44. The second kappa shape index (κ2) is 9.94. The van der Waals surface area contributed by atoms with Crippen LogP contribution in [0.15, 0.2) is 60.3 Å². The lowest BCUT2D eigenvalue weighted by Crippen LogP contribution is -2.38. The van der Waals surface area contributed by atoms with Crippen LogP contribution in [0, 0.1) is 11.2 Å². The number of hydrogen-bond donors (Lipinski definition) is 1. The highest BCUT2D eigenvalue weighted by atomic mass is 19.1. The number of halogens is 1. The van der Waals surface area contributed by atoms with Crippen molar-refractivity contribution in [3.05, 3.63) is 88.5 Å². The Morgan fingerprint density at radius 3 is 2.59 bits per heavy atom. The second-order valence-electron chi connectivity index (χ2n) is 9.14. The second-order valence-corrected chi connectivity index (χ2v) is 9.14. The summed E-state index contributed by atoms with van der Waals surface area (Å²) in [6.07, 6.45) is 6.37. The largest absolute Gasteiger partial charge is 0.469 e. The van der Waals surface area contributed by atoms with Gasteiger partial charge in [0.05, 0.1) is 37.2 Å². The number of aliphatic hydroxyl groups is 1. The van der Waals surface area contributed by atoms with Crippen molar-refractivity contribution in [1.82, 2.24) is 9.78 Å². The van der Waals surface area contributed by atoms with Gasteiger partial charge in [0, 0.05) is 5.41 Å². The molecular formula is C28H31FN2O3. The van der Waals surface area contributed by atoms with Gasteiger partial charge in [0.15, 0.2) is 0 Å². The number of nitrogens with zero attached hydrogens (tertiary/aromatic N) is 2. The summed E-state index contributed by atoms with van der Waals surface area (Å²) in [5.41, 5.74) is 5.59. The topological polar surface area (TPSA) is 64.3 Å². The highest BCUT2D eigenvalue weighted by molar-refractivity contribution is 5.72.